The fraction of sp³-hybridized carbons (Fsp3) is 0.214. The molecule has 2 rings (SSSR count). The van der Waals surface area contributed by atoms with Crippen LogP contribution in [0.2, 0.25) is 0 Å². The van der Waals surface area contributed by atoms with Gasteiger partial charge in [-0.2, -0.15) is 0 Å². The number of allylic oxidation sites excluding steroid dienone is 1. The minimum absolute atomic E-state index is 0.110. The summed E-state index contributed by atoms with van der Waals surface area (Å²) < 4.78 is 6.10. The quantitative estimate of drug-likeness (QED) is 0.364. The second-order valence-corrected chi connectivity index (χ2v) is 4.92. The monoisotopic (exact) mass is 290 g/mol. The summed E-state index contributed by atoms with van der Waals surface area (Å²) in [6, 6.07) is 7.13. The van der Waals surface area contributed by atoms with Crippen molar-refractivity contribution in [1.82, 2.24) is 9.55 Å². The number of benzene rings is 1. The molecule has 0 saturated carbocycles. The van der Waals surface area contributed by atoms with Crippen LogP contribution in [0, 0.1) is 0 Å². The van der Waals surface area contributed by atoms with Gasteiger partial charge in [-0.3, -0.25) is 14.2 Å². The van der Waals surface area contributed by atoms with Gasteiger partial charge >= 0.3 is 5.97 Å². The number of ether oxygens (including phenoxy) is 1. The van der Waals surface area contributed by atoms with Crippen LogP contribution < -0.4 is 5.56 Å². The van der Waals surface area contributed by atoms with E-state index in [1.165, 1.54) is 23.4 Å². The standard InChI is InChI=1S/C14H14N2O3S/c1-3-8-16-13(18)10-6-4-5-7-11(10)15-14(16)20-9-12(17)19-2/h3-7H,1,8-9H2,2H3. The molecule has 0 amide bonds. The van der Waals surface area contributed by atoms with Gasteiger partial charge in [0.15, 0.2) is 5.16 Å². The Balaban J connectivity index is 2.50. The fourth-order valence-corrected chi connectivity index (χ4v) is 2.57. The Morgan fingerprint density at radius 3 is 2.95 bits per heavy atom. The summed E-state index contributed by atoms with van der Waals surface area (Å²) in [7, 11) is 1.33. The first-order chi connectivity index (χ1) is 9.67. The van der Waals surface area contributed by atoms with Crippen molar-refractivity contribution in [2.24, 2.45) is 0 Å². The van der Waals surface area contributed by atoms with E-state index in [0.717, 1.165) is 0 Å². The average molecular weight is 290 g/mol. The second-order valence-electron chi connectivity index (χ2n) is 3.98. The highest BCUT2D eigenvalue weighted by atomic mass is 32.2. The molecular weight excluding hydrogens is 276 g/mol. The van der Waals surface area contributed by atoms with Gasteiger partial charge in [0.2, 0.25) is 0 Å². The predicted octanol–water partition coefficient (Wildman–Crippen LogP) is 1.85. The van der Waals surface area contributed by atoms with Gasteiger partial charge in [-0.1, -0.05) is 30.0 Å². The highest BCUT2D eigenvalue weighted by Gasteiger charge is 2.12. The van der Waals surface area contributed by atoms with Crippen molar-refractivity contribution < 1.29 is 9.53 Å². The number of esters is 1. The van der Waals surface area contributed by atoms with Crippen LogP contribution in [0.1, 0.15) is 0 Å². The minimum Gasteiger partial charge on any atom is -0.468 e. The van der Waals surface area contributed by atoms with Gasteiger partial charge < -0.3 is 4.74 Å². The molecule has 1 heterocycles. The molecule has 0 aliphatic heterocycles. The number of methoxy groups -OCH3 is 1. The first-order valence-corrected chi connectivity index (χ1v) is 6.96. The smallest absolute Gasteiger partial charge is 0.316 e. The summed E-state index contributed by atoms with van der Waals surface area (Å²) >= 11 is 1.18. The first-order valence-electron chi connectivity index (χ1n) is 5.97. The molecule has 1 aromatic carbocycles. The van der Waals surface area contributed by atoms with Crippen LogP contribution >= 0.6 is 11.8 Å². The molecule has 0 aliphatic rings. The van der Waals surface area contributed by atoms with E-state index in [4.69, 9.17) is 0 Å². The minimum atomic E-state index is -0.359. The molecular formula is C14H14N2O3S. The Bertz CT molecular complexity index is 709. The number of carbonyl (C=O) groups excluding carboxylic acids is 1. The van der Waals surface area contributed by atoms with Crippen molar-refractivity contribution in [2.75, 3.05) is 12.9 Å². The number of carbonyl (C=O) groups is 1. The lowest BCUT2D eigenvalue weighted by molar-refractivity contribution is -0.137. The molecule has 5 nitrogen and oxygen atoms in total. The molecule has 2 aromatic rings. The highest BCUT2D eigenvalue weighted by molar-refractivity contribution is 7.99. The SMILES string of the molecule is C=CCn1c(SCC(=O)OC)nc2ccccc2c1=O. The van der Waals surface area contributed by atoms with Crippen molar-refractivity contribution in [1.29, 1.82) is 0 Å². The van der Waals surface area contributed by atoms with Gasteiger partial charge in [0.25, 0.3) is 5.56 Å². The maximum Gasteiger partial charge on any atom is 0.316 e. The summed E-state index contributed by atoms with van der Waals surface area (Å²) in [6.07, 6.45) is 1.63. The van der Waals surface area contributed by atoms with E-state index in [9.17, 15) is 9.59 Å². The van der Waals surface area contributed by atoms with Crippen LogP contribution in [0.3, 0.4) is 0 Å². The summed E-state index contributed by atoms with van der Waals surface area (Å²) in [5, 5.41) is 1.04. The molecule has 0 bridgehead atoms. The van der Waals surface area contributed by atoms with Gasteiger partial charge in [-0.15, -0.1) is 6.58 Å². The van der Waals surface area contributed by atoms with E-state index in [2.05, 4.69) is 16.3 Å². The number of para-hydroxylation sites is 1. The van der Waals surface area contributed by atoms with E-state index in [1.54, 1.807) is 24.3 Å². The van der Waals surface area contributed by atoms with Crippen LogP contribution in [-0.4, -0.2) is 28.4 Å². The molecule has 0 saturated heterocycles. The molecule has 20 heavy (non-hydrogen) atoms. The van der Waals surface area contributed by atoms with Crippen LogP contribution in [0.25, 0.3) is 10.9 Å². The Morgan fingerprint density at radius 2 is 2.25 bits per heavy atom. The maximum atomic E-state index is 12.4. The van der Waals surface area contributed by atoms with Crippen LogP contribution in [0.4, 0.5) is 0 Å². The lowest BCUT2D eigenvalue weighted by Crippen LogP contribution is -2.23. The number of aromatic nitrogens is 2. The van der Waals surface area contributed by atoms with E-state index < -0.39 is 0 Å². The Morgan fingerprint density at radius 1 is 1.50 bits per heavy atom. The highest BCUT2D eigenvalue weighted by Crippen LogP contribution is 2.17. The number of hydrogen-bond donors (Lipinski definition) is 0. The lowest BCUT2D eigenvalue weighted by atomic mass is 10.2. The first kappa shape index (κ1) is 14.3. The largest absolute Gasteiger partial charge is 0.468 e. The molecule has 1 aromatic heterocycles. The van der Waals surface area contributed by atoms with Crippen molar-refractivity contribution in [3.63, 3.8) is 0 Å². The topological polar surface area (TPSA) is 61.2 Å². The molecule has 0 N–H and O–H groups in total. The zero-order valence-corrected chi connectivity index (χ0v) is 11.9. The molecule has 0 radical (unpaired) electrons. The van der Waals surface area contributed by atoms with E-state index >= 15 is 0 Å². The normalized spacial score (nSPS) is 10.4. The third-order valence-electron chi connectivity index (χ3n) is 2.69. The van der Waals surface area contributed by atoms with Crippen molar-refractivity contribution in [3.8, 4) is 0 Å². The zero-order valence-electron chi connectivity index (χ0n) is 11.0. The van der Waals surface area contributed by atoms with Crippen molar-refractivity contribution >= 4 is 28.6 Å². The molecule has 0 aliphatic carbocycles. The summed E-state index contributed by atoms with van der Waals surface area (Å²) in [4.78, 5) is 28.1. The molecule has 0 atom stereocenters. The molecule has 104 valence electrons. The predicted molar refractivity (Wildman–Crippen MR) is 78.9 cm³/mol. The van der Waals surface area contributed by atoms with E-state index in [0.29, 0.717) is 22.6 Å². The van der Waals surface area contributed by atoms with Gasteiger partial charge in [0, 0.05) is 6.54 Å². The lowest BCUT2D eigenvalue weighted by Gasteiger charge is -2.10. The Labute approximate surface area is 120 Å². The number of fused-ring (bicyclic) bond motifs is 1. The third-order valence-corrected chi connectivity index (χ3v) is 3.63. The summed E-state index contributed by atoms with van der Waals surface area (Å²) in [6.45, 7) is 3.99. The molecule has 6 heteroatoms. The van der Waals surface area contributed by atoms with Crippen LogP contribution in [-0.2, 0) is 16.1 Å². The average Bonchev–Trinajstić information content (AvgIpc) is 2.48. The number of hydrogen-bond acceptors (Lipinski definition) is 5. The van der Waals surface area contributed by atoms with Crippen LogP contribution in [0.5, 0.6) is 0 Å². The zero-order chi connectivity index (χ0) is 14.5. The third kappa shape index (κ3) is 2.91. The summed E-state index contributed by atoms with van der Waals surface area (Å²) in [5.41, 5.74) is 0.480. The number of thioether (sulfide) groups is 1. The second kappa shape index (κ2) is 6.38. The van der Waals surface area contributed by atoms with E-state index in [-0.39, 0.29) is 17.3 Å². The van der Waals surface area contributed by atoms with E-state index in [1.807, 2.05) is 6.07 Å². The Hall–Kier alpha value is -2.08. The van der Waals surface area contributed by atoms with Gasteiger partial charge in [-0.05, 0) is 12.1 Å². The number of nitrogens with zero attached hydrogens (tertiary/aromatic N) is 2. The maximum absolute atomic E-state index is 12.4. The Kier molecular flexibility index (Phi) is 4.57. The van der Waals surface area contributed by atoms with Crippen LogP contribution in [0.15, 0.2) is 46.9 Å². The number of rotatable bonds is 5. The molecule has 0 fully saturated rings. The summed E-state index contributed by atoms with van der Waals surface area (Å²) in [5.74, 6) is -0.249. The molecule has 0 unspecified atom stereocenters. The van der Waals surface area contributed by atoms with Gasteiger partial charge in [-0.25, -0.2) is 4.98 Å². The van der Waals surface area contributed by atoms with Crippen molar-refractivity contribution in [3.05, 3.63) is 47.3 Å². The fourth-order valence-electron chi connectivity index (χ4n) is 1.73. The van der Waals surface area contributed by atoms with Gasteiger partial charge in [0.05, 0.1) is 23.8 Å². The van der Waals surface area contributed by atoms with Gasteiger partial charge in [0.1, 0.15) is 0 Å². The van der Waals surface area contributed by atoms with Crippen molar-refractivity contribution in [2.45, 2.75) is 11.7 Å². The molecule has 0 spiro atoms.